The average molecular weight is 203 g/mol. The van der Waals surface area contributed by atoms with Crippen molar-refractivity contribution in [1.82, 2.24) is 4.98 Å². The molecule has 3 heteroatoms. The predicted molar refractivity (Wildman–Crippen MR) is 54.7 cm³/mol. The lowest BCUT2D eigenvalue weighted by Gasteiger charge is -2.32. The lowest BCUT2D eigenvalue weighted by Crippen LogP contribution is -2.38. The van der Waals surface area contributed by atoms with E-state index < -0.39 is 0 Å². The van der Waals surface area contributed by atoms with Gasteiger partial charge >= 0.3 is 0 Å². The zero-order valence-electron chi connectivity index (χ0n) is 8.53. The molecular formula is C12H13NO2. The number of hydrogen-bond donors (Lipinski definition) is 0. The van der Waals surface area contributed by atoms with Crippen LogP contribution < -0.4 is 0 Å². The topological polar surface area (TPSA) is 39.2 Å². The molecule has 1 spiro atoms. The van der Waals surface area contributed by atoms with E-state index in [4.69, 9.17) is 4.74 Å². The summed E-state index contributed by atoms with van der Waals surface area (Å²) in [6.07, 6.45) is 5.86. The lowest BCUT2D eigenvalue weighted by atomic mass is 9.75. The van der Waals surface area contributed by atoms with Gasteiger partial charge in [-0.05, 0) is 30.0 Å². The van der Waals surface area contributed by atoms with E-state index in [1.54, 1.807) is 6.20 Å². The summed E-state index contributed by atoms with van der Waals surface area (Å²) in [6, 6.07) is 1.97. The minimum absolute atomic E-state index is 0.262. The van der Waals surface area contributed by atoms with Crippen molar-refractivity contribution in [2.45, 2.75) is 24.7 Å². The van der Waals surface area contributed by atoms with Crippen LogP contribution in [0.3, 0.4) is 0 Å². The third-order valence-corrected chi connectivity index (χ3v) is 3.66. The third-order valence-electron chi connectivity index (χ3n) is 3.66. The Hall–Kier alpha value is -1.22. The average Bonchev–Trinajstić information content (AvgIpc) is 2.55. The number of nitrogens with zero attached hydrogens (tertiary/aromatic N) is 1. The number of ketones is 1. The second-order valence-corrected chi connectivity index (χ2v) is 4.33. The Morgan fingerprint density at radius 1 is 1.33 bits per heavy atom. The van der Waals surface area contributed by atoms with Gasteiger partial charge in [0, 0.05) is 32.0 Å². The highest BCUT2D eigenvalue weighted by atomic mass is 16.5. The maximum absolute atomic E-state index is 12.1. The van der Waals surface area contributed by atoms with E-state index in [2.05, 4.69) is 4.98 Å². The Labute approximate surface area is 88.5 Å². The molecule has 15 heavy (non-hydrogen) atoms. The molecule has 1 fully saturated rings. The molecule has 0 amide bonds. The molecule has 3 nitrogen and oxygen atoms in total. The summed E-state index contributed by atoms with van der Waals surface area (Å²) in [4.78, 5) is 16.3. The van der Waals surface area contributed by atoms with Crippen LogP contribution in [0, 0.1) is 0 Å². The van der Waals surface area contributed by atoms with Gasteiger partial charge in [-0.25, -0.2) is 0 Å². The SMILES string of the molecule is O=C1Cc2ccncc2C12CCOCC2. The number of hydrogen-bond acceptors (Lipinski definition) is 3. The molecule has 0 radical (unpaired) electrons. The smallest absolute Gasteiger partial charge is 0.148 e. The Kier molecular flexibility index (Phi) is 1.89. The Morgan fingerprint density at radius 3 is 2.93 bits per heavy atom. The second-order valence-electron chi connectivity index (χ2n) is 4.33. The molecule has 0 unspecified atom stereocenters. The predicted octanol–water partition coefficient (Wildman–Crippen LogP) is 1.25. The number of aromatic nitrogens is 1. The van der Waals surface area contributed by atoms with Crippen molar-refractivity contribution in [2.75, 3.05) is 13.2 Å². The molecule has 1 aromatic heterocycles. The highest BCUT2D eigenvalue weighted by Gasteiger charge is 2.46. The molecule has 2 aliphatic rings. The fraction of sp³-hybridized carbons (Fsp3) is 0.500. The monoisotopic (exact) mass is 203 g/mol. The molecule has 1 aliphatic heterocycles. The number of carbonyl (C=O) groups is 1. The first kappa shape index (κ1) is 9.04. The van der Waals surface area contributed by atoms with Crippen molar-refractivity contribution in [1.29, 1.82) is 0 Å². The summed E-state index contributed by atoms with van der Waals surface area (Å²) >= 11 is 0. The number of rotatable bonds is 0. The van der Waals surface area contributed by atoms with E-state index in [1.807, 2.05) is 12.3 Å². The molecule has 1 aromatic rings. The van der Waals surface area contributed by atoms with Gasteiger partial charge < -0.3 is 4.74 Å². The van der Waals surface area contributed by atoms with Crippen LogP contribution in [-0.4, -0.2) is 24.0 Å². The van der Waals surface area contributed by atoms with Crippen molar-refractivity contribution in [3.05, 3.63) is 29.6 Å². The maximum Gasteiger partial charge on any atom is 0.148 e. The van der Waals surface area contributed by atoms with Crippen molar-refractivity contribution in [2.24, 2.45) is 0 Å². The molecule has 0 aromatic carbocycles. The minimum Gasteiger partial charge on any atom is -0.381 e. The summed E-state index contributed by atoms with van der Waals surface area (Å²) in [5.41, 5.74) is 2.05. The van der Waals surface area contributed by atoms with Gasteiger partial charge in [-0.3, -0.25) is 9.78 Å². The highest BCUT2D eigenvalue weighted by Crippen LogP contribution is 2.42. The van der Waals surface area contributed by atoms with Gasteiger partial charge in [-0.2, -0.15) is 0 Å². The highest BCUT2D eigenvalue weighted by molar-refractivity contribution is 5.96. The Morgan fingerprint density at radius 2 is 2.13 bits per heavy atom. The lowest BCUT2D eigenvalue weighted by molar-refractivity contribution is -0.126. The van der Waals surface area contributed by atoms with Crippen LogP contribution in [0.25, 0.3) is 0 Å². The number of ether oxygens (including phenoxy) is 1. The van der Waals surface area contributed by atoms with Crippen molar-refractivity contribution in [3.63, 3.8) is 0 Å². The fourth-order valence-electron chi connectivity index (χ4n) is 2.77. The van der Waals surface area contributed by atoms with E-state index in [-0.39, 0.29) is 5.41 Å². The van der Waals surface area contributed by atoms with Crippen LogP contribution in [0.5, 0.6) is 0 Å². The first-order valence-corrected chi connectivity index (χ1v) is 5.37. The molecule has 1 aliphatic carbocycles. The van der Waals surface area contributed by atoms with Crippen LogP contribution in [0.2, 0.25) is 0 Å². The molecule has 0 saturated carbocycles. The Balaban J connectivity index is 2.11. The van der Waals surface area contributed by atoms with Crippen LogP contribution in [0.4, 0.5) is 0 Å². The molecule has 78 valence electrons. The standard InChI is InChI=1S/C12H13NO2/c14-11-7-9-1-4-13-8-10(9)12(11)2-5-15-6-3-12/h1,4,8H,2-3,5-7H2. The van der Waals surface area contributed by atoms with Gasteiger partial charge in [0.25, 0.3) is 0 Å². The molecule has 0 N–H and O–H groups in total. The van der Waals surface area contributed by atoms with Crippen LogP contribution >= 0.6 is 0 Å². The molecule has 0 atom stereocenters. The molecular weight excluding hydrogens is 190 g/mol. The van der Waals surface area contributed by atoms with Gasteiger partial charge in [-0.1, -0.05) is 0 Å². The van der Waals surface area contributed by atoms with E-state index in [9.17, 15) is 4.79 Å². The van der Waals surface area contributed by atoms with Crippen molar-refractivity contribution < 1.29 is 9.53 Å². The largest absolute Gasteiger partial charge is 0.381 e. The van der Waals surface area contributed by atoms with Crippen LogP contribution in [-0.2, 0) is 21.4 Å². The van der Waals surface area contributed by atoms with Crippen molar-refractivity contribution in [3.8, 4) is 0 Å². The number of fused-ring (bicyclic) bond motifs is 2. The molecule has 0 bridgehead atoms. The molecule has 1 saturated heterocycles. The Bertz CT molecular complexity index is 408. The third kappa shape index (κ3) is 1.16. The fourth-order valence-corrected chi connectivity index (χ4v) is 2.77. The van der Waals surface area contributed by atoms with Gasteiger partial charge in [-0.15, -0.1) is 0 Å². The summed E-state index contributed by atoms with van der Waals surface area (Å²) in [6.45, 7) is 1.39. The molecule has 3 rings (SSSR count). The number of pyridine rings is 1. The molecule has 2 heterocycles. The van der Waals surface area contributed by atoms with Crippen LogP contribution in [0.15, 0.2) is 18.5 Å². The normalized spacial score (nSPS) is 23.1. The van der Waals surface area contributed by atoms with E-state index >= 15 is 0 Å². The van der Waals surface area contributed by atoms with Gasteiger partial charge in [0.2, 0.25) is 0 Å². The zero-order chi connectivity index (χ0) is 10.3. The summed E-state index contributed by atoms with van der Waals surface area (Å²) < 4.78 is 5.35. The van der Waals surface area contributed by atoms with Crippen molar-refractivity contribution >= 4 is 5.78 Å². The summed E-state index contributed by atoms with van der Waals surface area (Å²) in [5, 5.41) is 0. The van der Waals surface area contributed by atoms with Crippen LogP contribution in [0.1, 0.15) is 24.0 Å². The van der Waals surface area contributed by atoms with E-state index in [0.717, 1.165) is 24.0 Å². The van der Waals surface area contributed by atoms with Gasteiger partial charge in [0.1, 0.15) is 5.78 Å². The van der Waals surface area contributed by atoms with Gasteiger partial charge in [0.05, 0.1) is 5.41 Å². The first-order chi connectivity index (χ1) is 7.33. The van der Waals surface area contributed by atoms with Gasteiger partial charge in [0.15, 0.2) is 0 Å². The minimum atomic E-state index is -0.262. The second kappa shape index (κ2) is 3.14. The summed E-state index contributed by atoms with van der Waals surface area (Å²) in [5.74, 6) is 0.355. The zero-order valence-corrected chi connectivity index (χ0v) is 8.53. The quantitative estimate of drug-likeness (QED) is 0.637. The first-order valence-electron chi connectivity index (χ1n) is 5.37. The maximum atomic E-state index is 12.1. The van der Waals surface area contributed by atoms with E-state index in [1.165, 1.54) is 0 Å². The van der Waals surface area contributed by atoms with E-state index in [0.29, 0.717) is 25.4 Å². The number of Topliss-reactive ketones (excluding diaryl/α,β-unsaturated/α-hetero) is 1. The number of carbonyl (C=O) groups excluding carboxylic acids is 1. The summed E-state index contributed by atoms with van der Waals surface area (Å²) in [7, 11) is 0.